The zero-order valence-corrected chi connectivity index (χ0v) is 6.58. The molecule has 0 aromatic heterocycles. The fourth-order valence-corrected chi connectivity index (χ4v) is 0. The smallest absolute Gasteiger partial charge is 1.00 e. The summed E-state index contributed by atoms with van der Waals surface area (Å²) >= 11 is 0. The van der Waals surface area contributed by atoms with Gasteiger partial charge in [0.2, 0.25) is 0 Å². The monoisotopic (exact) mass is 82.1 g/mol. The van der Waals surface area contributed by atoms with Crippen molar-refractivity contribution in [1.82, 2.24) is 0 Å². The molecule has 0 rings (SSSR count). The van der Waals surface area contributed by atoms with Crippen LogP contribution in [0, 0.1) is 5.92 Å². The minimum Gasteiger partial charge on any atom is -1.00 e. The van der Waals surface area contributed by atoms with Gasteiger partial charge in [-0.2, -0.15) is 0 Å². The van der Waals surface area contributed by atoms with Crippen LogP contribution in [0.3, 0.4) is 0 Å². The van der Waals surface area contributed by atoms with E-state index in [4.69, 9.17) is 0 Å². The summed E-state index contributed by atoms with van der Waals surface area (Å²) < 4.78 is 0. The summed E-state index contributed by atoms with van der Waals surface area (Å²) in [6.45, 7) is 6.50. The third kappa shape index (κ3) is 45.0. The summed E-state index contributed by atoms with van der Waals surface area (Å²) in [4.78, 5) is 0. The third-order valence-corrected chi connectivity index (χ3v) is 0. The van der Waals surface area contributed by atoms with Gasteiger partial charge in [-0.1, -0.05) is 20.8 Å². The zero-order chi connectivity index (χ0) is 3.58. The first-order valence-corrected chi connectivity index (χ1v) is 1.73. The molecule has 1 heteroatoms. The van der Waals surface area contributed by atoms with Crippen LogP contribution in [0.1, 0.15) is 22.2 Å². The van der Waals surface area contributed by atoms with E-state index in [0.29, 0.717) is 0 Å². The molecule has 0 N–H and O–H groups in total. The van der Waals surface area contributed by atoms with Crippen LogP contribution in [0.4, 0.5) is 0 Å². The van der Waals surface area contributed by atoms with Crippen molar-refractivity contribution in [2.24, 2.45) is 5.92 Å². The number of hydrogen-bond acceptors (Lipinski definition) is 0. The van der Waals surface area contributed by atoms with Gasteiger partial charge in [0.1, 0.15) is 0 Å². The molecule has 0 amide bonds. The van der Waals surface area contributed by atoms with Crippen molar-refractivity contribution in [2.75, 3.05) is 0 Å². The molecule has 0 aromatic carbocycles. The van der Waals surface area contributed by atoms with Gasteiger partial charge in [-0.05, 0) is 5.92 Å². The molecule has 0 spiro atoms. The molecule has 0 aliphatic heterocycles. The first-order valence-electron chi connectivity index (χ1n) is 1.73. The van der Waals surface area contributed by atoms with Crippen molar-refractivity contribution in [1.29, 1.82) is 0 Å². The predicted octanol–water partition coefficient (Wildman–Crippen LogP) is -1.22. The average molecular weight is 82.1 g/mol. The van der Waals surface area contributed by atoms with Crippen molar-refractivity contribution in [3.8, 4) is 0 Å². The zero-order valence-electron chi connectivity index (χ0n) is 5.58. The van der Waals surface area contributed by atoms with Crippen LogP contribution in [0.15, 0.2) is 0 Å². The van der Waals surface area contributed by atoms with E-state index in [9.17, 15) is 0 Å². The van der Waals surface area contributed by atoms with Crippen molar-refractivity contribution in [2.45, 2.75) is 20.8 Å². The minimum atomic E-state index is 0. The normalized spacial score (nSPS) is 7.20. The van der Waals surface area contributed by atoms with Gasteiger partial charge in [-0.25, -0.2) is 0 Å². The van der Waals surface area contributed by atoms with E-state index in [-0.39, 0.29) is 31.0 Å². The van der Waals surface area contributed by atoms with Crippen LogP contribution >= 0.6 is 0 Å². The first-order chi connectivity index (χ1) is 1.73. The molecular formula is C4H11Na. The SMILES string of the molecule is CC(C)C.[H-].[Na+]. The first kappa shape index (κ1) is 9.38. The Morgan fingerprint density at radius 1 is 1.20 bits per heavy atom. The van der Waals surface area contributed by atoms with Crippen molar-refractivity contribution < 1.29 is 31.0 Å². The third-order valence-electron chi connectivity index (χ3n) is 0. The minimum absolute atomic E-state index is 0. The standard InChI is InChI=1S/C4H10.Na.H/c1-4(2)3;;/h4H,1-3H3;;/q;+1;-1. The van der Waals surface area contributed by atoms with Gasteiger partial charge in [0.25, 0.3) is 0 Å². The summed E-state index contributed by atoms with van der Waals surface area (Å²) in [7, 11) is 0. The summed E-state index contributed by atoms with van der Waals surface area (Å²) in [5, 5.41) is 0. The van der Waals surface area contributed by atoms with E-state index in [0.717, 1.165) is 5.92 Å². The molecule has 0 fully saturated rings. The van der Waals surface area contributed by atoms with E-state index < -0.39 is 0 Å². The molecule has 0 aliphatic carbocycles. The second kappa shape index (κ2) is 5.00. The Morgan fingerprint density at radius 2 is 1.20 bits per heavy atom. The Kier molecular flexibility index (Phi) is 9.38. The van der Waals surface area contributed by atoms with E-state index in [1.54, 1.807) is 0 Å². The Balaban J connectivity index is -0.0000000450. The summed E-state index contributed by atoms with van der Waals surface area (Å²) in [6.07, 6.45) is 0. The average Bonchev–Trinajstić information content (AvgIpc) is 0.811. The fourth-order valence-electron chi connectivity index (χ4n) is 0. The van der Waals surface area contributed by atoms with E-state index >= 15 is 0 Å². The summed E-state index contributed by atoms with van der Waals surface area (Å²) in [5.41, 5.74) is 0. The maximum Gasteiger partial charge on any atom is 1.00 e. The van der Waals surface area contributed by atoms with E-state index in [1.165, 1.54) is 0 Å². The molecule has 0 atom stereocenters. The Morgan fingerprint density at radius 3 is 1.20 bits per heavy atom. The molecule has 0 unspecified atom stereocenters. The van der Waals surface area contributed by atoms with Crippen molar-refractivity contribution in [3.63, 3.8) is 0 Å². The van der Waals surface area contributed by atoms with E-state index in [2.05, 4.69) is 20.8 Å². The second-order valence-electron chi connectivity index (χ2n) is 1.73. The largest absolute Gasteiger partial charge is 1.00 e. The molecule has 0 bridgehead atoms. The molecular weight excluding hydrogens is 71.0 g/mol. The van der Waals surface area contributed by atoms with Gasteiger partial charge in [0.15, 0.2) is 0 Å². The van der Waals surface area contributed by atoms with Gasteiger partial charge < -0.3 is 1.43 Å². The quantitative estimate of drug-likeness (QED) is 0.321. The van der Waals surface area contributed by atoms with Gasteiger partial charge in [0.05, 0.1) is 0 Å². The Bertz CT molecular complexity index is 12.3. The molecule has 0 aromatic rings. The summed E-state index contributed by atoms with van der Waals surface area (Å²) in [6, 6.07) is 0. The number of rotatable bonds is 0. The molecule has 0 radical (unpaired) electrons. The van der Waals surface area contributed by atoms with Crippen molar-refractivity contribution in [3.05, 3.63) is 0 Å². The van der Waals surface area contributed by atoms with Crippen LogP contribution < -0.4 is 29.6 Å². The molecule has 5 heavy (non-hydrogen) atoms. The fraction of sp³-hybridized carbons (Fsp3) is 1.00. The molecule has 28 valence electrons. The molecule has 0 aliphatic rings. The van der Waals surface area contributed by atoms with Crippen LogP contribution in [0.2, 0.25) is 0 Å². The molecule has 0 saturated heterocycles. The van der Waals surface area contributed by atoms with Crippen LogP contribution in [0.5, 0.6) is 0 Å². The van der Waals surface area contributed by atoms with Crippen molar-refractivity contribution >= 4 is 0 Å². The van der Waals surface area contributed by atoms with Crippen LogP contribution in [-0.2, 0) is 0 Å². The maximum absolute atomic E-state index is 2.17. The van der Waals surface area contributed by atoms with Gasteiger partial charge >= 0.3 is 29.6 Å². The Labute approximate surface area is 57.7 Å². The predicted molar refractivity (Wildman–Crippen MR) is 21.6 cm³/mol. The number of hydrogen-bond donors (Lipinski definition) is 0. The second-order valence-corrected chi connectivity index (χ2v) is 1.73. The molecule has 0 heterocycles. The van der Waals surface area contributed by atoms with Gasteiger partial charge in [-0.15, -0.1) is 0 Å². The topological polar surface area (TPSA) is 0 Å². The summed E-state index contributed by atoms with van der Waals surface area (Å²) in [5.74, 6) is 0.833. The Hall–Kier alpha value is 1.00. The maximum atomic E-state index is 2.17. The van der Waals surface area contributed by atoms with Gasteiger partial charge in [-0.3, -0.25) is 0 Å². The van der Waals surface area contributed by atoms with E-state index in [1.807, 2.05) is 0 Å². The molecule has 0 nitrogen and oxygen atoms in total. The molecule has 0 saturated carbocycles. The van der Waals surface area contributed by atoms with Gasteiger partial charge in [0, 0.05) is 0 Å². The van der Waals surface area contributed by atoms with Crippen LogP contribution in [0.25, 0.3) is 0 Å². The van der Waals surface area contributed by atoms with Crippen LogP contribution in [-0.4, -0.2) is 0 Å².